The molecule has 0 spiro atoms. The number of halogens is 1. The summed E-state index contributed by atoms with van der Waals surface area (Å²) in [6.07, 6.45) is 1.58. The Balaban J connectivity index is 1.93. The molecule has 0 saturated carbocycles. The molecule has 3 rings (SSSR count). The third-order valence-electron chi connectivity index (χ3n) is 4.50. The molecule has 0 saturated heterocycles. The molecule has 2 aromatic carbocycles. The summed E-state index contributed by atoms with van der Waals surface area (Å²) in [4.78, 5) is 12.5. The molecule has 1 aromatic heterocycles. The van der Waals surface area contributed by atoms with Gasteiger partial charge < -0.3 is 9.88 Å². The SMILES string of the molecule is Cc1cccc(NC(=O)/C(C#N)=C\c2cc(C)n(-c3ccc(F)cc3)c2C)c1. The largest absolute Gasteiger partial charge is 0.321 e. The maximum Gasteiger partial charge on any atom is 0.266 e. The summed E-state index contributed by atoms with van der Waals surface area (Å²) in [6, 6.07) is 17.5. The van der Waals surface area contributed by atoms with Crippen LogP contribution in [-0.2, 0) is 4.79 Å². The summed E-state index contributed by atoms with van der Waals surface area (Å²) in [7, 11) is 0. The van der Waals surface area contributed by atoms with Crippen molar-refractivity contribution in [2.45, 2.75) is 20.8 Å². The van der Waals surface area contributed by atoms with Gasteiger partial charge in [-0.15, -0.1) is 0 Å². The average molecular weight is 373 g/mol. The minimum Gasteiger partial charge on any atom is -0.321 e. The maximum absolute atomic E-state index is 13.2. The zero-order chi connectivity index (χ0) is 20.3. The Morgan fingerprint density at radius 2 is 1.82 bits per heavy atom. The quantitative estimate of drug-likeness (QED) is 0.512. The fraction of sp³-hybridized carbons (Fsp3) is 0.130. The highest BCUT2D eigenvalue weighted by molar-refractivity contribution is 6.09. The summed E-state index contributed by atoms with van der Waals surface area (Å²) in [6.45, 7) is 5.75. The molecule has 28 heavy (non-hydrogen) atoms. The second-order valence-electron chi connectivity index (χ2n) is 6.63. The van der Waals surface area contributed by atoms with E-state index in [2.05, 4.69) is 5.32 Å². The van der Waals surface area contributed by atoms with E-state index in [-0.39, 0.29) is 11.4 Å². The van der Waals surface area contributed by atoms with Crippen molar-refractivity contribution >= 4 is 17.7 Å². The molecule has 5 heteroatoms. The number of aryl methyl sites for hydroxylation is 2. The van der Waals surface area contributed by atoms with Gasteiger partial charge in [-0.25, -0.2) is 4.39 Å². The zero-order valence-electron chi connectivity index (χ0n) is 16.0. The van der Waals surface area contributed by atoms with Crippen LogP contribution in [0, 0.1) is 37.9 Å². The number of amides is 1. The summed E-state index contributed by atoms with van der Waals surface area (Å²) in [5.74, 6) is -0.759. The number of carbonyl (C=O) groups excluding carboxylic acids is 1. The van der Waals surface area contributed by atoms with Gasteiger partial charge in [0.2, 0.25) is 0 Å². The van der Waals surface area contributed by atoms with E-state index in [1.54, 1.807) is 24.3 Å². The predicted molar refractivity (Wildman–Crippen MR) is 109 cm³/mol. The van der Waals surface area contributed by atoms with E-state index in [0.29, 0.717) is 5.69 Å². The van der Waals surface area contributed by atoms with Gasteiger partial charge in [0.05, 0.1) is 0 Å². The zero-order valence-corrected chi connectivity index (χ0v) is 16.0. The van der Waals surface area contributed by atoms with Crippen LogP contribution in [0.15, 0.2) is 60.2 Å². The highest BCUT2D eigenvalue weighted by Gasteiger charge is 2.14. The molecule has 1 heterocycles. The van der Waals surface area contributed by atoms with Gasteiger partial charge in [-0.05, 0) is 80.4 Å². The predicted octanol–water partition coefficient (Wildman–Crippen LogP) is 5.09. The monoisotopic (exact) mass is 373 g/mol. The van der Waals surface area contributed by atoms with Crippen molar-refractivity contribution in [3.63, 3.8) is 0 Å². The Morgan fingerprint density at radius 1 is 1.11 bits per heavy atom. The standard InChI is InChI=1S/C23H20FN3O/c1-15-5-4-6-21(11-15)26-23(28)19(14-25)13-18-12-16(2)27(17(18)3)22-9-7-20(24)8-10-22/h4-13H,1-3H3,(H,26,28)/b19-13-. The van der Waals surface area contributed by atoms with E-state index in [4.69, 9.17) is 0 Å². The molecule has 0 aliphatic heterocycles. The maximum atomic E-state index is 13.2. The van der Waals surface area contributed by atoms with E-state index < -0.39 is 5.91 Å². The van der Waals surface area contributed by atoms with Crippen molar-refractivity contribution in [3.8, 4) is 11.8 Å². The molecule has 1 N–H and O–H groups in total. The van der Waals surface area contributed by atoms with Crippen LogP contribution >= 0.6 is 0 Å². The van der Waals surface area contributed by atoms with Crippen molar-refractivity contribution < 1.29 is 9.18 Å². The minimum absolute atomic E-state index is 0.0147. The van der Waals surface area contributed by atoms with Gasteiger partial charge in [-0.2, -0.15) is 5.26 Å². The summed E-state index contributed by atoms with van der Waals surface area (Å²) in [5, 5.41) is 12.2. The Hall–Kier alpha value is -3.65. The van der Waals surface area contributed by atoms with Gasteiger partial charge in [0.1, 0.15) is 17.5 Å². The molecule has 0 fully saturated rings. The highest BCUT2D eigenvalue weighted by Crippen LogP contribution is 2.23. The first-order valence-corrected chi connectivity index (χ1v) is 8.83. The van der Waals surface area contributed by atoms with Crippen molar-refractivity contribution in [1.29, 1.82) is 5.26 Å². The van der Waals surface area contributed by atoms with E-state index in [9.17, 15) is 14.4 Å². The Bertz CT molecular complexity index is 1100. The normalized spacial score (nSPS) is 11.2. The Morgan fingerprint density at radius 3 is 2.46 bits per heavy atom. The van der Waals surface area contributed by atoms with Crippen LogP contribution in [0.4, 0.5) is 10.1 Å². The molecule has 4 nitrogen and oxygen atoms in total. The molecule has 3 aromatic rings. The number of aromatic nitrogens is 1. The van der Waals surface area contributed by atoms with Gasteiger partial charge in [-0.1, -0.05) is 12.1 Å². The third kappa shape index (κ3) is 4.02. The molecule has 0 radical (unpaired) electrons. The van der Waals surface area contributed by atoms with Gasteiger partial charge in [0, 0.05) is 22.8 Å². The fourth-order valence-corrected chi connectivity index (χ4v) is 3.15. The molecular formula is C23H20FN3O. The third-order valence-corrected chi connectivity index (χ3v) is 4.50. The average Bonchev–Trinajstić information content (AvgIpc) is 2.94. The van der Waals surface area contributed by atoms with Crippen molar-refractivity contribution in [2.24, 2.45) is 0 Å². The smallest absolute Gasteiger partial charge is 0.266 e. The van der Waals surface area contributed by atoms with E-state index in [1.165, 1.54) is 12.1 Å². The number of nitriles is 1. The number of nitrogens with zero attached hydrogens (tertiary/aromatic N) is 2. The van der Waals surface area contributed by atoms with Crippen LogP contribution < -0.4 is 5.32 Å². The van der Waals surface area contributed by atoms with E-state index in [0.717, 1.165) is 28.2 Å². The van der Waals surface area contributed by atoms with E-state index in [1.807, 2.05) is 55.7 Å². The van der Waals surface area contributed by atoms with Crippen LogP contribution in [0.1, 0.15) is 22.5 Å². The lowest BCUT2D eigenvalue weighted by Crippen LogP contribution is -2.13. The number of nitrogens with one attached hydrogen (secondary N) is 1. The first-order chi connectivity index (χ1) is 13.4. The van der Waals surface area contributed by atoms with Crippen LogP contribution in [0.25, 0.3) is 11.8 Å². The lowest BCUT2D eigenvalue weighted by Gasteiger charge is -2.09. The lowest BCUT2D eigenvalue weighted by molar-refractivity contribution is -0.112. The molecule has 140 valence electrons. The number of benzene rings is 2. The van der Waals surface area contributed by atoms with Crippen molar-refractivity contribution in [3.05, 3.63) is 88.5 Å². The van der Waals surface area contributed by atoms with Gasteiger partial charge >= 0.3 is 0 Å². The van der Waals surface area contributed by atoms with Crippen LogP contribution in [0.3, 0.4) is 0 Å². The summed E-state index contributed by atoms with van der Waals surface area (Å²) >= 11 is 0. The first-order valence-electron chi connectivity index (χ1n) is 8.83. The molecule has 1 amide bonds. The summed E-state index contributed by atoms with van der Waals surface area (Å²) < 4.78 is 15.2. The van der Waals surface area contributed by atoms with Crippen molar-refractivity contribution in [2.75, 3.05) is 5.32 Å². The number of hydrogen-bond acceptors (Lipinski definition) is 2. The van der Waals surface area contributed by atoms with Gasteiger partial charge in [0.25, 0.3) is 5.91 Å². The molecule has 0 aliphatic carbocycles. The van der Waals surface area contributed by atoms with Crippen molar-refractivity contribution in [1.82, 2.24) is 4.57 Å². The van der Waals surface area contributed by atoms with Crippen LogP contribution in [0.2, 0.25) is 0 Å². The van der Waals surface area contributed by atoms with Gasteiger partial charge in [0.15, 0.2) is 0 Å². The first kappa shape index (κ1) is 19.1. The van der Waals surface area contributed by atoms with Crippen LogP contribution in [-0.4, -0.2) is 10.5 Å². The molecule has 0 aliphatic rings. The molecule has 0 bridgehead atoms. The summed E-state index contributed by atoms with van der Waals surface area (Å²) in [5.41, 5.74) is 5.04. The highest BCUT2D eigenvalue weighted by atomic mass is 19.1. The second kappa shape index (κ2) is 7.93. The fourth-order valence-electron chi connectivity index (χ4n) is 3.15. The topological polar surface area (TPSA) is 57.8 Å². The minimum atomic E-state index is -0.459. The number of hydrogen-bond donors (Lipinski definition) is 1. The number of carbonyl (C=O) groups is 1. The Kier molecular flexibility index (Phi) is 5.42. The second-order valence-corrected chi connectivity index (χ2v) is 6.63. The van der Waals surface area contributed by atoms with E-state index >= 15 is 0 Å². The van der Waals surface area contributed by atoms with Crippen LogP contribution in [0.5, 0.6) is 0 Å². The molecule has 0 unspecified atom stereocenters. The van der Waals surface area contributed by atoms with Gasteiger partial charge in [-0.3, -0.25) is 4.79 Å². The molecular weight excluding hydrogens is 353 g/mol. The Labute approximate surface area is 163 Å². The lowest BCUT2D eigenvalue weighted by atomic mass is 10.1. The molecule has 0 atom stereocenters. The number of anilines is 1. The number of rotatable bonds is 4.